The second kappa shape index (κ2) is 6.61. The molecule has 1 atom stereocenters. The molecule has 0 fully saturated rings. The van der Waals surface area contributed by atoms with Crippen LogP contribution in [0.1, 0.15) is 46.3 Å². The van der Waals surface area contributed by atoms with Gasteiger partial charge >= 0.3 is 0 Å². The molecule has 2 rings (SSSR count). The highest BCUT2D eigenvalue weighted by atomic mass is 19.1. The number of rotatable bonds is 6. The van der Waals surface area contributed by atoms with E-state index in [4.69, 9.17) is 4.42 Å². The van der Waals surface area contributed by atoms with Crippen LogP contribution in [0.4, 0.5) is 4.39 Å². The molecular weight excluding hydrogens is 265 g/mol. The summed E-state index contributed by atoms with van der Waals surface area (Å²) in [6, 6.07) is 7.43. The Balaban J connectivity index is 2.06. The van der Waals surface area contributed by atoms with Crippen molar-refractivity contribution in [2.45, 2.75) is 53.0 Å². The molecule has 0 saturated carbocycles. The molecule has 0 aliphatic carbocycles. The maximum absolute atomic E-state index is 13.6. The van der Waals surface area contributed by atoms with Crippen LogP contribution in [0, 0.1) is 11.2 Å². The number of aryl methyl sites for hydroxylation is 1. The van der Waals surface area contributed by atoms with E-state index in [2.05, 4.69) is 33.0 Å². The quantitative estimate of drug-likeness (QED) is 0.817. The minimum Gasteiger partial charge on any atom is -0.458 e. The van der Waals surface area contributed by atoms with E-state index in [0.717, 1.165) is 37.0 Å². The van der Waals surface area contributed by atoms with E-state index >= 15 is 0 Å². The molecule has 3 heteroatoms. The lowest BCUT2D eigenvalue weighted by Gasteiger charge is -2.31. The van der Waals surface area contributed by atoms with Gasteiger partial charge in [0.25, 0.3) is 0 Å². The lowest BCUT2D eigenvalue weighted by atomic mass is 9.83. The van der Waals surface area contributed by atoms with Crippen molar-refractivity contribution < 1.29 is 8.81 Å². The van der Waals surface area contributed by atoms with Crippen molar-refractivity contribution >= 4 is 11.0 Å². The van der Waals surface area contributed by atoms with Gasteiger partial charge in [0.15, 0.2) is 11.4 Å². The summed E-state index contributed by atoms with van der Waals surface area (Å²) >= 11 is 0. The molecule has 0 spiro atoms. The summed E-state index contributed by atoms with van der Waals surface area (Å²) in [5.41, 5.74) is 0.577. The molecular formula is C18H26FNO. The van der Waals surface area contributed by atoms with Crippen molar-refractivity contribution in [3.8, 4) is 0 Å². The maximum Gasteiger partial charge on any atom is 0.169 e. The first-order valence-electron chi connectivity index (χ1n) is 7.82. The number of para-hydroxylation sites is 1. The van der Waals surface area contributed by atoms with Crippen molar-refractivity contribution in [1.82, 2.24) is 5.32 Å². The van der Waals surface area contributed by atoms with E-state index in [0.29, 0.717) is 11.6 Å². The van der Waals surface area contributed by atoms with Crippen molar-refractivity contribution in [2.75, 3.05) is 6.54 Å². The summed E-state index contributed by atoms with van der Waals surface area (Å²) in [6.45, 7) is 9.95. The lowest BCUT2D eigenvalue weighted by molar-refractivity contribution is 0.252. The van der Waals surface area contributed by atoms with Crippen molar-refractivity contribution in [2.24, 2.45) is 5.41 Å². The zero-order chi connectivity index (χ0) is 15.5. The summed E-state index contributed by atoms with van der Waals surface area (Å²) in [5.74, 6) is 0.581. The molecule has 0 aliphatic rings. The number of furan rings is 1. The van der Waals surface area contributed by atoms with Crippen LogP contribution in [-0.2, 0) is 6.42 Å². The van der Waals surface area contributed by atoms with Crippen LogP contribution in [-0.4, -0.2) is 12.6 Å². The Morgan fingerprint density at radius 3 is 2.67 bits per heavy atom. The van der Waals surface area contributed by atoms with Crippen LogP contribution in [0.3, 0.4) is 0 Å². The van der Waals surface area contributed by atoms with Crippen LogP contribution in [0.5, 0.6) is 0 Å². The Bertz CT molecular complexity index is 582. The topological polar surface area (TPSA) is 25.2 Å². The maximum atomic E-state index is 13.6. The molecule has 0 amide bonds. The van der Waals surface area contributed by atoms with Gasteiger partial charge in [0, 0.05) is 17.8 Å². The molecule has 21 heavy (non-hydrogen) atoms. The normalized spacial score (nSPS) is 13.8. The SMILES string of the molecule is CCCNC(CCc1cc2cccc(F)c2o1)C(C)(C)C. The van der Waals surface area contributed by atoms with Gasteiger partial charge in [0.05, 0.1) is 0 Å². The first kappa shape index (κ1) is 16.0. The molecule has 1 heterocycles. The first-order chi connectivity index (χ1) is 9.91. The number of hydrogen-bond acceptors (Lipinski definition) is 2. The highest BCUT2D eigenvalue weighted by Crippen LogP contribution is 2.26. The van der Waals surface area contributed by atoms with Crippen LogP contribution in [0.15, 0.2) is 28.7 Å². The van der Waals surface area contributed by atoms with E-state index in [1.54, 1.807) is 6.07 Å². The van der Waals surface area contributed by atoms with E-state index in [1.165, 1.54) is 6.07 Å². The molecule has 0 radical (unpaired) electrons. The Morgan fingerprint density at radius 2 is 2.05 bits per heavy atom. The zero-order valence-electron chi connectivity index (χ0n) is 13.5. The Kier molecular flexibility index (Phi) is 5.04. The van der Waals surface area contributed by atoms with Crippen LogP contribution < -0.4 is 5.32 Å². The molecule has 0 saturated heterocycles. The third-order valence-corrected chi connectivity index (χ3v) is 3.91. The van der Waals surface area contributed by atoms with Crippen LogP contribution >= 0.6 is 0 Å². The fourth-order valence-electron chi connectivity index (χ4n) is 2.65. The molecule has 2 aromatic rings. The summed E-state index contributed by atoms with van der Waals surface area (Å²) in [4.78, 5) is 0. The van der Waals surface area contributed by atoms with Crippen molar-refractivity contribution in [1.29, 1.82) is 0 Å². The highest BCUT2D eigenvalue weighted by Gasteiger charge is 2.24. The van der Waals surface area contributed by atoms with E-state index < -0.39 is 0 Å². The largest absolute Gasteiger partial charge is 0.458 e. The fraction of sp³-hybridized carbons (Fsp3) is 0.556. The summed E-state index contributed by atoms with van der Waals surface area (Å²) in [5, 5.41) is 4.46. The molecule has 0 bridgehead atoms. The summed E-state index contributed by atoms with van der Waals surface area (Å²) in [6.07, 6.45) is 2.94. The summed E-state index contributed by atoms with van der Waals surface area (Å²) < 4.78 is 19.3. The number of nitrogens with one attached hydrogen (secondary N) is 1. The van der Waals surface area contributed by atoms with Gasteiger partial charge in [0.2, 0.25) is 0 Å². The van der Waals surface area contributed by atoms with Gasteiger partial charge in [-0.15, -0.1) is 0 Å². The zero-order valence-corrected chi connectivity index (χ0v) is 13.5. The molecule has 1 aromatic carbocycles. The average Bonchev–Trinajstić information content (AvgIpc) is 2.81. The fourth-order valence-corrected chi connectivity index (χ4v) is 2.65. The van der Waals surface area contributed by atoms with Crippen LogP contribution in [0.25, 0.3) is 11.0 Å². The monoisotopic (exact) mass is 291 g/mol. The number of halogens is 1. The van der Waals surface area contributed by atoms with E-state index in [9.17, 15) is 4.39 Å². The second-order valence-electron chi connectivity index (χ2n) is 6.78. The first-order valence-corrected chi connectivity index (χ1v) is 7.82. The molecule has 1 unspecified atom stereocenters. The smallest absolute Gasteiger partial charge is 0.169 e. The second-order valence-corrected chi connectivity index (χ2v) is 6.78. The van der Waals surface area contributed by atoms with Crippen LogP contribution in [0.2, 0.25) is 0 Å². The lowest BCUT2D eigenvalue weighted by Crippen LogP contribution is -2.41. The third-order valence-electron chi connectivity index (χ3n) is 3.91. The van der Waals surface area contributed by atoms with Crippen molar-refractivity contribution in [3.05, 3.63) is 35.8 Å². The Hall–Kier alpha value is -1.35. The molecule has 1 N–H and O–H groups in total. The third kappa shape index (κ3) is 4.07. The van der Waals surface area contributed by atoms with Gasteiger partial charge in [-0.3, -0.25) is 0 Å². The minimum absolute atomic E-state index is 0.201. The molecule has 0 aliphatic heterocycles. The standard InChI is InChI=1S/C18H26FNO/c1-5-11-20-16(18(2,3)4)10-9-14-12-13-7-6-8-15(19)17(13)21-14/h6-8,12,16,20H,5,9-11H2,1-4H3. The minimum atomic E-state index is -0.282. The molecule has 1 aromatic heterocycles. The number of benzene rings is 1. The van der Waals surface area contributed by atoms with E-state index in [1.807, 2.05) is 12.1 Å². The Labute approximate surface area is 126 Å². The highest BCUT2D eigenvalue weighted by molar-refractivity contribution is 5.78. The van der Waals surface area contributed by atoms with Crippen molar-refractivity contribution in [3.63, 3.8) is 0 Å². The van der Waals surface area contributed by atoms with E-state index in [-0.39, 0.29) is 11.2 Å². The van der Waals surface area contributed by atoms with Gasteiger partial charge in [-0.2, -0.15) is 0 Å². The average molecular weight is 291 g/mol. The van der Waals surface area contributed by atoms with Gasteiger partial charge in [0.1, 0.15) is 5.76 Å². The molecule has 116 valence electrons. The van der Waals surface area contributed by atoms with Gasteiger partial charge in [-0.05, 0) is 36.9 Å². The predicted molar refractivity (Wildman–Crippen MR) is 86.0 cm³/mol. The van der Waals surface area contributed by atoms with Gasteiger partial charge in [-0.1, -0.05) is 39.8 Å². The predicted octanol–water partition coefficient (Wildman–Crippen LogP) is 4.92. The molecule has 2 nitrogen and oxygen atoms in total. The Morgan fingerprint density at radius 1 is 1.29 bits per heavy atom. The summed E-state index contributed by atoms with van der Waals surface area (Å²) in [7, 11) is 0. The number of hydrogen-bond donors (Lipinski definition) is 1. The number of fused-ring (bicyclic) bond motifs is 1. The van der Waals surface area contributed by atoms with Gasteiger partial charge in [-0.25, -0.2) is 4.39 Å². The van der Waals surface area contributed by atoms with Gasteiger partial charge < -0.3 is 9.73 Å².